The van der Waals surface area contributed by atoms with Crippen molar-refractivity contribution in [2.75, 3.05) is 20.3 Å². The molecule has 0 spiro atoms. The molecule has 11 heteroatoms. The van der Waals surface area contributed by atoms with Crippen molar-refractivity contribution in [2.45, 2.75) is 123 Å². The summed E-state index contributed by atoms with van der Waals surface area (Å²) in [6.07, 6.45) is 37.5. The van der Waals surface area contributed by atoms with Crippen molar-refractivity contribution in [3.8, 4) is 0 Å². The van der Waals surface area contributed by atoms with Gasteiger partial charge in [0.05, 0.1) is 13.2 Å². The Labute approximate surface area is 368 Å². The van der Waals surface area contributed by atoms with E-state index in [2.05, 4.69) is 86.3 Å². The van der Waals surface area contributed by atoms with Crippen LogP contribution in [0, 0.1) is 34.5 Å². The zero-order valence-electron chi connectivity index (χ0n) is 37.2. The summed E-state index contributed by atoms with van der Waals surface area (Å²) in [5.74, 6) is -3.52. The van der Waals surface area contributed by atoms with Gasteiger partial charge in [-0.3, -0.25) is 9.59 Å². The first-order valence-corrected chi connectivity index (χ1v) is 22.2. The van der Waals surface area contributed by atoms with E-state index in [-0.39, 0.29) is 48.7 Å². The van der Waals surface area contributed by atoms with Crippen molar-refractivity contribution < 1.29 is 53.1 Å². The molecule has 9 atom stereocenters. The second-order valence-electron chi connectivity index (χ2n) is 17.3. The van der Waals surface area contributed by atoms with Crippen molar-refractivity contribution in [1.82, 2.24) is 0 Å². The zero-order chi connectivity index (χ0) is 45.2. The lowest BCUT2D eigenvalue weighted by Crippen LogP contribution is -2.62. The van der Waals surface area contributed by atoms with Gasteiger partial charge in [0.2, 0.25) is 0 Å². The molecule has 1 unspecified atom stereocenters. The van der Waals surface area contributed by atoms with Gasteiger partial charge in [0.15, 0.2) is 17.5 Å². The van der Waals surface area contributed by atoms with Gasteiger partial charge in [0.25, 0.3) is 0 Å². The fraction of sp³-hybridized carbons (Fsp3) is 0.549. The number of methoxy groups -OCH3 is 1. The van der Waals surface area contributed by atoms with Crippen molar-refractivity contribution in [3.05, 3.63) is 109 Å². The number of hydrogen-bond donors (Lipinski definition) is 2. The average molecular weight is 857 g/mol. The number of ether oxygens (including phenoxy) is 4. The summed E-state index contributed by atoms with van der Waals surface area (Å²) in [6.45, 7) is 7.15. The molecule has 0 bridgehead atoms. The number of fused-ring (bicyclic) bond motifs is 5. The predicted octanol–water partition coefficient (Wildman–Crippen LogP) is 8.45. The molecule has 4 aliphatic carbocycles. The molecular formula is C51H68O11. The van der Waals surface area contributed by atoms with Gasteiger partial charge in [0.1, 0.15) is 13.2 Å². The third-order valence-electron chi connectivity index (χ3n) is 13.1. The van der Waals surface area contributed by atoms with E-state index in [0.29, 0.717) is 25.7 Å². The number of aliphatic hydroxyl groups excluding tert-OH is 1. The molecule has 338 valence electrons. The Kier molecular flexibility index (Phi) is 19.4. The maximum atomic E-state index is 13.9. The van der Waals surface area contributed by atoms with Crippen LogP contribution in [0.1, 0.15) is 105 Å². The number of carbonyl (C=O) groups excluding carboxylic acids is 5. The van der Waals surface area contributed by atoms with E-state index in [4.69, 9.17) is 14.2 Å². The molecular weight excluding hydrogens is 789 g/mol. The number of rotatable bonds is 22. The van der Waals surface area contributed by atoms with Crippen LogP contribution in [-0.4, -0.2) is 78.0 Å². The molecule has 0 radical (unpaired) electrons. The summed E-state index contributed by atoms with van der Waals surface area (Å²) >= 11 is 0. The van der Waals surface area contributed by atoms with Crippen molar-refractivity contribution in [2.24, 2.45) is 34.5 Å². The minimum atomic E-state index is -1.95. The number of ketones is 1. The molecule has 0 aromatic heterocycles. The fourth-order valence-corrected chi connectivity index (χ4v) is 10.0. The molecule has 0 aliphatic heterocycles. The van der Waals surface area contributed by atoms with Gasteiger partial charge >= 0.3 is 23.9 Å². The molecule has 0 amide bonds. The molecule has 4 rings (SSSR count). The molecule has 11 nitrogen and oxygen atoms in total. The van der Waals surface area contributed by atoms with E-state index in [0.717, 1.165) is 56.9 Å². The van der Waals surface area contributed by atoms with Crippen molar-refractivity contribution in [1.29, 1.82) is 0 Å². The smallest absolute Gasteiger partial charge is 0.338 e. The van der Waals surface area contributed by atoms with Crippen molar-refractivity contribution >= 4 is 29.7 Å². The lowest BCUT2D eigenvalue weighted by atomic mass is 9.45. The maximum Gasteiger partial charge on any atom is 0.338 e. The largest absolute Gasteiger partial charge is 0.466 e. The summed E-state index contributed by atoms with van der Waals surface area (Å²) in [5, 5.41) is 23.9. The minimum absolute atomic E-state index is 0.0248. The Balaban J connectivity index is 1.26. The molecule has 62 heavy (non-hydrogen) atoms. The van der Waals surface area contributed by atoms with Gasteiger partial charge in [-0.1, -0.05) is 112 Å². The summed E-state index contributed by atoms with van der Waals surface area (Å²) in [4.78, 5) is 63.0. The van der Waals surface area contributed by atoms with Crippen LogP contribution in [0.2, 0.25) is 0 Å². The lowest BCUT2D eigenvalue weighted by Gasteiger charge is -2.60. The molecule has 0 aromatic carbocycles. The Hall–Kier alpha value is -4.87. The van der Waals surface area contributed by atoms with Crippen LogP contribution < -0.4 is 0 Å². The standard InChI is InChI=1S/C51H68O11/c1-6-7-8-9-10-11-12-13-14-15-16-17-18-19-20-21-22-23-24-25-45(55)60-35-39(62-46(56)27-26-44(54)59-5)36-61-48(57)51(58)31-29-41-40-32-37(2)42-33-38(52)28-30-49(42,3)47(40)43(53)34-50(41,51)4/h7-8,10-11,13-14,16-17,19-20,22-23,26-28,30,33,37,39-41,43,47,53,58H,6,9,12,15,18,21,24-25,29,31-32,34-36H2,1-5H3/b8-7-,11-10-,14-13-,17-16-,20-19-,23-22-,27-26+/t37-,39?,40-,41-,43-,47+,49-,50-,51-/m0/s1. The van der Waals surface area contributed by atoms with Gasteiger partial charge in [-0.05, 0) is 101 Å². The third kappa shape index (κ3) is 13.1. The molecule has 4 aliphatic rings. The molecule has 3 saturated carbocycles. The normalized spacial score (nSPS) is 30.1. The quantitative estimate of drug-likeness (QED) is 0.0465. The molecule has 2 N–H and O–H groups in total. The fourth-order valence-electron chi connectivity index (χ4n) is 10.0. The van der Waals surface area contributed by atoms with Gasteiger partial charge in [-0.15, -0.1) is 0 Å². The second-order valence-corrected chi connectivity index (χ2v) is 17.3. The van der Waals surface area contributed by atoms with Gasteiger partial charge < -0.3 is 29.2 Å². The highest BCUT2D eigenvalue weighted by Crippen LogP contribution is 2.67. The van der Waals surface area contributed by atoms with Crippen LogP contribution in [0.25, 0.3) is 0 Å². The molecule has 0 aromatic rings. The van der Waals surface area contributed by atoms with Crippen LogP contribution in [0.3, 0.4) is 0 Å². The molecule has 3 fully saturated rings. The highest BCUT2D eigenvalue weighted by atomic mass is 16.6. The lowest BCUT2D eigenvalue weighted by molar-refractivity contribution is -0.201. The van der Waals surface area contributed by atoms with Crippen LogP contribution in [-0.2, 0) is 42.9 Å². The second kappa shape index (κ2) is 24.1. The van der Waals surface area contributed by atoms with Gasteiger partial charge in [-0.2, -0.15) is 0 Å². The van der Waals surface area contributed by atoms with Crippen molar-refractivity contribution in [3.63, 3.8) is 0 Å². The van der Waals surface area contributed by atoms with Crippen LogP contribution in [0.15, 0.2) is 109 Å². The van der Waals surface area contributed by atoms with E-state index in [9.17, 15) is 34.2 Å². The first-order chi connectivity index (χ1) is 29.7. The highest BCUT2D eigenvalue weighted by Gasteiger charge is 2.69. The Morgan fingerprint density at radius 1 is 0.839 bits per heavy atom. The molecule has 0 saturated heterocycles. The first kappa shape index (κ1) is 49.8. The minimum Gasteiger partial charge on any atom is -0.466 e. The zero-order valence-corrected chi connectivity index (χ0v) is 37.2. The number of hydrogen-bond acceptors (Lipinski definition) is 11. The van der Waals surface area contributed by atoms with Crippen LogP contribution >= 0.6 is 0 Å². The SMILES string of the molecule is CC/C=C\C/C=C\C/C=C\C/C=C\C/C=C\C/C=C\CCC(=O)OCC(COC(=O)[C@@]1(O)CC[C@H]2[C@@H]3C[C@H](C)C4=CC(=O)C=C[C@]4(C)[C@H]3[C@@H](O)C[C@@]21C)OC(=O)/C=C/C(=O)OC. The maximum absolute atomic E-state index is 13.9. The summed E-state index contributed by atoms with van der Waals surface area (Å²) in [7, 11) is 1.16. The third-order valence-corrected chi connectivity index (χ3v) is 13.1. The van der Waals surface area contributed by atoms with Gasteiger partial charge in [-0.25, -0.2) is 14.4 Å². The Morgan fingerprint density at radius 3 is 2.00 bits per heavy atom. The predicted molar refractivity (Wildman–Crippen MR) is 238 cm³/mol. The van der Waals surface area contributed by atoms with E-state index >= 15 is 0 Å². The monoisotopic (exact) mass is 856 g/mol. The summed E-state index contributed by atoms with van der Waals surface area (Å²) < 4.78 is 21.0. The number of esters is 4. The van der Waals surface area contributed by atoms with Crippen LogP contribution in [0.5, 0.6) is 0 Å². The highest BCUT2D eigenvalue weighted by molar-refractivity contribution is 6.01. The summed E-state index contributed by atoms with van der Waals surface area (Å²) in [5.41, 5.74) is -2.49. The number of aliphatic hydroxyl groups is 2. The number of carbonyl (C=O) groups is 5. The Bertz CT molecular complexity index is 1840. The van der Waals surface area contributed by atoms with E-state index < -0.39 is 65.7 Å². The van der Waals surface area contributed by atoms with Gasteiger partial charge in [0, 0.05) is 35.3 Å². The van der Waals surface area contributed by atoms with Crippen LogP contribution in [0.4, 0.5) is 0 Å². The van der Waals surface area contributed by atoms with E-state index in [1.54, 1.807) is 12.2 Å². The topological polar surface area (TPSA) is 163 Å². The van der Waals surface area contributed by atoms with E-state index in [1.807, 2.05) is 25.2 Å². The summed E-state index contributed by atoms with van der Waals surface area (Å²) in [6, 6.07) is 0. The Morgan fingerprint density at radius 2 is 1.40 bits per heavy atom. The average Bonchev–Trinajstić information content (AvgIpc) is 3.52. The molecule has 0 heterocycles. The first-order valence-electron chi connectivity index (χ1n) is 22.2. The number of allylic oxidation sites excluding steroid dienone is 16. The van der Waals surface area contributed by atoms with E-state index in [1.165, 1.54) is 0 Å².